The van der Waals surface area contributed by atoms with Crippen LogP contribution in [0.25, 0.3) is 6.08 Å². The number of rotatable bonds is 0. The number of hydrogen-bond acceptors (Lipinski definition) is 2. The first-order chi connectivity index (χ1) is 7.77. The fourth-order valence-electron chi connectivity index (χ4n) is 1.59. The Morgan fingerprint density at radius 2 is 2.12 bits per heavy atom. The number of nitrogens with zero attached hydrogens (tertiary/aromatic N) is 2. The van der Waals surface area contributed by atoms with E-state index in [1.165, 1.54) is 5.56 Å². The first kappa shape index (κ1) is 10.6. The van der Waals surface area contributed by atoms with Gasteiger partial charge in [0.15, 0.2) is 0 Å². The molecule has 2 rings (SSSR count). The second-order valence-corrected chi connectivity index (χ2v) is 3.75. The Bertz CT molecular complexity index is 493. The van der Waals surface area contributed by atoms with Crippen molar-refractivity contribution in [2.45, 2.75) is 13.5 Å². The molecule has 0 spiro atoms. The fraction of sp³-hybridized carbons (Fsp3) is 0.143. The molecule has 0 aliphatic carbocycles. The quantitative estimate of drug-likeness (QED) is 0.646. The highest BCUT2D eigenvalue weighted by Gasteiger charge is 2.03. The number of aliphatic imine (C=N–C) groups is 1. The number of hydrogen-bond donors (Lipinski definition) is 0. The lowest BCUT2D eigenvalue weighted by atomic mass is 10.1. The van der Waals surface area contributed by atoms with Crippen molar-refractivity contribution in [1.82, 2.24) is 4.98 Å². The summed E-state index contributed by atoms with van der Waals surface area (Å²) in [6.07, 6.45) is 11.5. The summed E-state index contributed by atoms with van der Waals surface area (Å²) >= 11 is 0. The van der Waals surface area contributed by atoms with Gasteiger partial charge in [-0.25, -0.2) is 0 Å². The normalized spacial score (nSPS) is 18.9. The van der Waals surface area contributed by atoms with Crippen molar-refractivity contribution in [2.24, 2.45) is 4.99 Å². The number of fused-ring (bicyclic) bond motifs is 1. The van der Waals surface area contributed by atoms with Crippen LogP contribution in [0.2, 0.25) is 0 Å². The molecule has 2 heteroatoms. The van der Waals surface area contributed by atoms with Gasteiger partial charge in [0.2, 0.25) is 0 Å². The molecule has 1 aliphatic rings. The number of aryl methyl sites for hydroxylation is 1. The van der Waals surface area contributed by atoms with E-state index in [-0.39, 0.29) is 0 Å². The number of aromatic nitrogens is 1. The van der Waals surface area contributed by atoms with Crippen molar-refractivity contribution in [1.29, 1.82) is 0 Å². The summed E-state index contributed by atoms with van der Waals surface area (Å²) in [6.45, 7) is 6.64. The minimum atomic E-state index is 0.623. The van der Waals surface area contributed by atoms with Crippen LogP contribution in [0.15, 0.2) is 47.6 Å². The minimum absolute atomic E-state index is 0.623. The summed E-state index contributed by atoms with van der Waals surface area (Å²) in [6, 6.07) is 2.01. The molecular weight excluding hydrogens is 196 g/mol. The molecule has 80 valence electrons. The van der Waals surface area contributed by atoms with Gasteiger partial charge >= 0.3 is 0 Å². The second-order valence-electron chi connectivity index (χ2n) is 3.75. The van der Waals surface area contributed by atoms with Crippen LogP contribution >= 0.6 is 0 Å². The minimum Gasteiger partial charge on any atom is -0.287 e. The molecule has 0 saturated heterocycles. The predicted molar refractivity (Wildman–Crippen MR) is 68.5 cm³/mol. The highest BCUT2D eigenvalue weighted by Crippen LogP contribution is 2.16. The average Bonchev–Trinajstić information content (AvgIpc) is 2.28. The molecule has 0 atom stereocenters. The van der Waals surface area contributed by atoms with Crippen LogP contribution in [0.1, 0.15) is 16.8 Å². The van der Waals surface area contributed by atoms with Gasteiger partial charge in [0.1, 0.15) is 0 Å². The van der Waals surface area contributed by atoms with Gasteiger partial charge in [-0.3, -0.25) is 9.98 Å². The van der Waals surface area contributed by atoms with Crippen molar-refractivity contribution in [2.75, 3.05) is 0 Å². The Morgan fingerprint density at radius 1 is 1.25 bits per heavy atom. The zero-order valence-electron chi connectivity index (χ0n) is 9.35. The van der Waals surface area contributed by atoms with Gasteiger partial charge in [0.05, 0.1) is 12.2 Å². The summed E-state index contributed by atoms with van der Waals surface area (Å²) in [5, 5.41) is 0. The van der Waals surface area contributed by atoms with Crippen LogP contribution in [-0.4, -0.2) is 11.2 Å². The van der Waals surface area contributed by atoms with E-state index in [1.807, 2.05) is 30.5 Å². The van der Waals surface area contributed by atoms with Crippen molar-refractivity contribution in [3.05, 3.63) is 59.5 Å². The molecule has 0 fully saturated rings. The molecule has 0 saturated carbocycles. The zero-order valence-corrected chi connectivity index (χ0v) is 9.35. The third-order valence-electron chi connectivity index (χ3n) is 2.50. The molecule has 0 radical (unpaired) electrons. The Labute approximate surface area is 95.8 Å². The molecule has 0 amide bonds. The maximum absolute atomic E-state index is 4.36. The lowest BCUT2D eigenvalue weighted by molar-refractivity contribution is 0.983. The lowest BCUT2D eigenvalue weighted by Crippen LogP contribution is -1.95. The van der Waals surface area contributed by atoms with Crippen LogP contribution in [-0.2, 0) is 6.54 Å². The summed E-state index contributed by atoms with van der Waals surface area (Å²) in [7, 11) is 0. The van der Waals surface area contributed by atoms with Crippen LogP contribution < -0.4 is 0 Å². The Morgan fingerprint density at radius 3 is 3.00 bits per heavy atom. The third kappa shape index (κ3) is 2.34. The van der Waals surface area contributed by atoms with Gasteiger partial charge < -0.3 is 0 Å². The fourth-order valence-corrected chi connectivity index (χ4v) is 1.59. The molecular formula is C14H14N2. The van der Waals surface area contributed by atoms with Crippen molar-refractivity contribution in [3.63, 3.8) is 0 Å². The molecule has 16 heavy (non-hydrogen) atoms. The summed E-state index contributed by atoms with van der Waals surface area (Å²) in [4.78, 5) is 8.66. The molecule has 0 unspecified atom stereocenters. The molecule has 0 aromatic carbocycles. The summed E-state index contributed by atoms with van der Waals surface area (Å²) < 4.78 is 0. The highest BCUT2D eigenvalue weighted by molar-refractivity contribution is 5.73. The van der Waals surface area contributed by atoms with E-state index < -0.39 is 0 Å². The third-order valence-corrected chi connectivity index (χ3v) is 2.50. The topological polar surface area (TPSA) is 25.2 Å². The largest absolute Gasteiger partial charge is 0.287 e. The van der Waals surface area contributed by atoms with Gasteiger partial charge in [-0.15, -0.1) is 0 Å². The van der Waals surface area contributed by atoms with Crippen molar-refractivity contribution < 1.29 is 0 Å². The molecule has 0 N–H and O–H groups in total. The zero-order chi connectivity index (χ0) is 11.4. The standard InChI is InChI=1S/C14H14N2/c1-11-4-3-8-15-10-14-13(6-5-11)12(2)7-9-16-14/h3-9H,1,10H2,2H3/b4-3-,6-5-,15-8?. The van der Waals surface area contributed by atoms with Gasteiger partial charge in [-0.2, -0.15) is 0 Å². The Hall–Kier alpha value is -1.96. The van der Waals surface area contributed by atoms with Crippen molar-refractivity contribution >= 4 is 12.3 Å². The second kappa shape index (κ2) is 4.71. The smallest absolute Gasteiger partial charge is 0.0817 e. The SMILES string of the molecule is C=C1/C=C\C=NCc2nccc(C)c2/C=C\1. The van der Waals surface area contributed by atoms with Gasteiger partial charge in [0, 0.05) is 18.0 Å². The van der Waals surface area contributed by atoms with Gasteiger partial charge in [-0.05, 0) is 30.2 Å². The molecule has 1 aliphatic heterocycles. The van der Waals surface area contributed by atoms with Crippen LogP contribution in [0.4, 0.5) is 0 Å². The average molecular weight is 210 g/mol. The van der Waals surface area contributed by atoms with E-state index in [0.29, 0.717) is 6.54 Å². The predicted octanol–water partition coefficient (Wildman–Crippen LogP) is 3.10. The summed E-state index contributed by atoms with van der Waals surface area (Å²) in [5.74, 6) is 0. The van der Waals surface area contributed by atoms with Crippen LogP contribution in [0, 0.1) is 6.92 Å². The van der Waals surface area contributed by atoms with Crippen LogP contribution in [0.3, 0.4) is 0 Å². The van der Waals surface area contributed by atoms with Gasteiger partial charge in [-0.1, -0.05) is 24.8 Å². The molecule has 1 aromatic rings. The van der Waals surface area contributed by atoms with E-state index in [1.54, 1.807) is 6.21 Å². The lowest BCUT2D eigenvalue weighted by Gasteiger charge is -2.06. The first-order valence-corrected chi connectivity index (χ1v) is 5.25. The maximum atomic E-state index is 4.36. The molecule has 1 aromatic heterocycles. The number of pyridine rings is 1. The van der Waals surface area contributed by atoms with Gasteiger partial charge in [0.25, 0.3) is 0 Å². The Kier molecular flexibility index (Phi) is 3.10. The highest BCUT2D eigenvalue weighted by atomic mass is 14.8. The van der Waals surface area contributed by atoms with E-state index in [9.17, 15) is 0 Å². The maximum Gasteiger partial charge on any atom is 0.0817 e. The van der Waals surface area contributed by atoms with Crippen molar-refractivity contribution in [3.8, 4) is 0 Å². The van der Waals surface area contributed by atoms with E-state index in [4.69, 9.17) is 0 Å². The first-order valence-electron chi connectivity index (χ1n) is 5.25. The molecule has 2 nitrogen and oxygen atoms in total. The van der Waals surface area contributed by atoms with Crippen LogP contribution in [0.5, 0.6) is 0 Å². The summed E-state index contributed by atoms with van der Waals surface area (Å²) in [5.41, 5.74) is 4.34. The molecule has 2 heterocycles. The monoisotopic (exact) mass is 210 g/mol. The Balaban J connectivity index is 2.49. The van der Waals surface area contributed by atoms with E-state index in [0.717, 1.165) is 16.8 Å². The molecule has 0 bridgehead atoms. The van der Waals surface area contributed by atoms with E-state index in [2.05, 4.69) is 29.6 Å². The number of allylic oxidation sites excluding steroid dienone is 4. The van der Waals surface area contributed by atoms with E-state index >= 15 is 0 Å².